The third kappa shape index (κ3) is 5.03. The van der Waals surface area contributed by atoms with Gasteiger partial charge < -0.3 is 4.90 Å². The van der Waals surface area contributed by atoms with Crippen LogP contribution in [0.15, 0.2) is 60.0 Å². The van der Waals surface area contributed by atoms with Crippen molar-refractivity contribution in [2.75, 3.05) is 12.8 Å². The van der Waals surface area contributed by atoms with Gasteiger partial charge in [-0.3, -0.25) is 14.3 Å². The van der Waals surface area contributed by atoms with Crippen molar-refractivity contribution in [3.8, 4) is 17.1 Å². The molecule has 0 bridgehead atoms. The third-order valence-electron chi connectivity index (χ3n) is 5.09. The van der Waals surface area contributed by atoms with Crippen molar-refractivity contribution in [3.05, 3.63) is 75.2 Å². The molecular formula is C23H22ClN5OS2. The van der Waals surface area contributed by atoms with E-state index in [1.54, 1.807) is 24.3 Å². The van der Waals surface area contributed by atoms with Gasteiger partial charge in [-0.25, -0.2) is 0 Å². The molecule has 9 heteroatoms. The molecule has 0 saturated heterocycles. The normalized spacial score (nSPS) is 11.0. The second kappa shape index (κ2) is 9.85. The van der Waals surface area contributed by atoms with Gasteiger partial charge in [-0.05, 0) is 61.4 Å². The van der Waals surface area contributed by atoms with E-state index in [1.165, 1.54) is 34.2 Å². The number of aromatic nitrogens is 4. The van der Waals surface area contributed by atoms with Crippen LogP contribution in [0.3, 0.4) is 0 Å². The highest BCUT2D eigenvalue weighted by molar-refractivity contribution is 7.99. The molecule has 0 radical (unpaired) electrons. The lowest BCUT2D eigenvalue weighted by molar-refractivity contribution is -0.127. The van der Waals surface area contributed by atoms with Crippen LogP contribution in [-0.2, 0) is 11.3 Å². The van der Waals surface area contributed by atoms with Crippen LogP contribution < -0.4 is 0 Å². The summed E-state index contributed by atoms with van der Waals surface area (Å²) in [5.41, 5.74) is 4.27. The molecule has 1 amide bonds. The van der Waals surface area contributed by atoms with E-state index in [0.717, 1.165) is 20.5 Å². The fourth-order valence-electron chi connectivity index (χ4n) is 3.14. The lowest BCUT2D eigenvalue weighted by atomic mass is 10.1. The number of nitrogens with zero attached hydrogens (tertiary/aromatic N) is 5. The number of rotatable bonds is 7. The zero-order chi connectivity index (χ0) is 22.7. The molecule has 1 aromatic carbocycles. The lowest BCUT2D eigenvalue weighted by Crippen LogP contribution is -2.27. The Morgan fingerprint density at radius 2 is 1.88 bits per heavy atom. The number of pyridine rings is 1. The topological polar surface area (TPSA) is 63.9 Å². The molecule has 32 heavy (non-hydrogen) atoms. The molecule has 3 heterocycles. The Hall–Kier alpha value is -2.68. The van der Waals surface area contributed by atoms with Crippen LogP contribution in [-0.4, -0.2) is 43.4 Å². The van der Waals surface area contributed by atoms with E-state index in [2.05, 4.69) is 47.2 Å². The van der Waals surface area contributed by atoms with Crippen LogP contribution in [0.2, 0.25) is 4.34 Å². The monoisotopic (exact) mass is 483 g/mol. The molecule has 0 spiro atoms. The lowest BCUT2D eigenvalue weighted by Gasteiger charge is -2.16. The summed E-state index contributed by atoms with van der Waals surface area (Å²) >= 11 is 8.87. The fourth-order valence-corrected chi connectivity index (χ4v) is 5.18. The Labute approximate surface area is 200 Å². The molecule has 164 valence electrons. The Balaban J connectivity index is 1.58. The first-order valence-electron chi connectivity index (χ1n) is 9.97. The van der Waals surface area contributed by atoms with E-state index in [0.29, 0.717) is 17.5 Å². The number of halogens is 1. The van der Waals surface area contributed by atoms with E-state index in [1.807, 2.05) is 28.8 Å². The predicted molar refractivity (Wildman–Crippen MR) is 131 cm³/mol. The van der Waals surface area contributed by atoms with Crippen LogP contribution in [0.4, 0.5) is 0 Å². The quantitative estimate of drug-likeness (QED) is 0.329. The number of hydrogen-bond donors (Lipinski definition) is 0. The summed E-state index contributed by atoms with van der Waals surface area (Å²) in [5.74, 6) is 0.987. The first-order valence-corrected chi connectivity index (χ1v) is 12.1. The van der Waals surface area contributed by atoms with Gasteiger partial charge in [0.15, 0.2) is 11.0 Å². The van der Waals surface area contributed by atoms with E-state index in [-0.39, 0.29) is 11.7 Å². The van der Waals surface area contributed by atoms with Crippen molar-refractivity contribution >= 4 is 40.6 Å². The summed E-state index contributed by atoms with van der Waals surface area (Å²) < 4.78 is 2.72. The maximum Gasteiger partial charge on any atom is 0.233 e. The number of carbonyl (C=O) groups is 1. The number of carbonyl (C=O) groups excluding carboxylic acids is 1. The van der Waals surface area contributed by atoms with Gasteiger partial charge >= 0.3 is 0 Å². The standard InChI is InChI=1S/C23H22ClN5OS2/c1-15-4-5-18(12-16(15)2)29-22(17-8-10-25-11-9-17)26-27-23(29)31-14-21(30)28(3)13-19-6-7-20(24)32-19/h4-12H,13-14H2,1-3H3. The minimum Gasteiger partial charge on any atom is -0.340 e. The van der Waals surface area contributed by atoms with Gasteiger partial charge in [0.1, 0.15) is 0 Å². The maximum atomic E-state index is 12.8. The Bertz CT molecular complexity index is 1240. The van der Waals surface area contributed by atoms with Crippen LogP contribution in [0.25, 0.3) is 17.1 Å². The average molecular weight is 484 g/mol. The van der Waals surface area contributed by atoms with Gasteiger partial charge in [0, 0.05) is 29.9 Å². The van der Waals surface area contributed by atoms with E-state index in [9.17, 15) is 4.79 Å². The number of benzene rings is 1. The number of thioether (sulfide) groups is 1. The second-order valence-corrected chi connectivity index (χ2v) is 10.1. The van der Waals surface area contributed by atoms with Crippen LogP contribution >= 0.6 is 34.7 Å². The summed E-state index contributed by atoms with van der Waals surface area (Å²) in [4.78, 5) is 19.6. The fraction of sp³-hybridized carbons (Fsp3) is 0.217. The third-order valence-corrected chi connectivity index (χ3v) is 7.22. The number of hydrogen-bond acceptors (Lipinski definition) is 6. The molecule has 0 aliphatic heterocycles. The van der Waals surface area contributed by atoms with E-state index < -0.39 is 0 Å². The van der Waals surface area contributed by atoms with Crippen LogP contribution in [0.5, 0.6) is 0 Å². The van der Waals surface area contributed by atoms with E-state index in [4.69, 9.17) is 11.6 Å². The highest BCUT2D eigenvalue weighted by Crippen LogP contribution is 2.29. The summed E-state index contributed by atoms with van der Waals surface area (Å²) in [6.45, 7) is 4.69. The molecule has 0 aliphatic carbocycles. The van der Waals surface area contributed by atoms with Gasteiger partial charge in [-0.1, -0.05) is 29.4 Å². The van der Waals surface area contributed by atoms with Crippen molar-refractivity contribution in [2.45, 2.75) is 25.5 Å². The maximum absolute atomic E-state index is 12.8. The Morgan fingerprint density at radius 1 is 1.09 bits per heavy atom. The van der Waals surface area contributed by atoms with Crippen molar-refractivity contribution in [2.24, 2.45) is 0 Å². The summed E-state index contributed by atoms with van der Waals surface area (Å²) in [7, 11) is 1.80. The van der Waals surface area contributed by atoms with Gasteiger partial charge in [-0.2, -0.15) is 0 Å². The molecule has 0 saturated carbocycles. The molecule has 0 fully saturated rings. The smallest absolute Gasteiger partial charge is 0.233 e. The molecule has 0 unspecified atom stereocenters. The second-order valence-electron chi connectivity index (χ2n) is 7.39. The minimum atomic E-state index is 0.0135. The number of aryl methyl sites for hydroxylation is 2. The minimum absolute atomic E-state index is 0.0135. The predicted octanol–water partition coefficient (Wildman–Crippen LogP) is 5.41. The molecule has 4 aromatic rings. The highest BCUT2D eigenvalue weighted by atomic mass is 35.5. The summed E-state index contributed by atoms with van der Waals surface area (Å²) in [5, 5.41) is 9.51. The Kier molecular flexibility index (Phi) is 6.93. The van der Waals surface area contributed by atoms with Gasteiger partial charge in [0.25, 0.3) is 0 Å². The zero-order valence-corrected chi connectivity index (χ0v) is 20.3. The zero-order valence-electron chi connectivity index (χ0n) is 17.9. The highest BCUT2D eigenvalue weighted by Gasteiger charge is 2.19. The number of amides is 1. The van der Waals surface area contributed by atoms with Gasteiger partial charge in [0.05, 0.1) is 22.3 Å². The first-order chi connectivity index (χ1) is 15.4. The molecule has 0 N–H and O–H groups in total. The molecule has 0 aliphatic rings. The SMILES string of the molecule is Cc1ccc(-n2c(SCC(=O)N(C)Cc3ccc(Cl)s3)nnc2-c2ccncc2)cc1C. The van der Waals surface area contributed by atoms with Gasteiger partial charge in [0.2, 0.25) is 5.91 Å². The first kappa shape index (κ1) is 22.5. The van der Waals surface area contributed by atoms with Crippen LogP contribution in [0.1, 0.15) is 16.0 Å². The molecule has 6 nitrogen and oxygen atoms in total. The molecule has 4 rings (SSSR count). The molecular weight excluding hydrogens is 462 g/mol. The summed E-state index contributed by atoms with van der Waals surface area (Å²) in [6, 6.07) is 13.8. The van der Waals surface area contributed by atoms with Crippen molar-refractivity contribution < 1.29 is 4.79 Å². The largest absolute Gasteiger partial charge is 0.340 e. The van der Waals surface area contributed by atoms with E-state index >= 15 is 0 Å². The number of thiophene rings is 1. The van der Waals surface area contributed by atoms with Crippen LogP contribution in [0, 0.1) is 13.8 Å². The average Bonchev–Trinajstić information content (AvgIpc) is 3.40. The molecule has 3 aromatic heterocycles. The van der Waals surface area contributed by atoms with Crippen molar-refractivity contribution in [1.29, 1.82) is 0 Å². The van der Waals surface area contributed by atoms with Crippen molar-refractivity contribution in [3.63, 3.8) is 0 Å². The Morgan fingerprint density at radius 3 is 2.56 bits per heavy atom. The van der Waals surface area contributed by atoms with Crippen molar-refractivity contribution in [1.82, 2.24) is 24.6 Å². The molecule has 0 atom stereocenters. The summed E-state index contributed by atoms with van der Waals surface area (Å²) in [6.07, 6.45) is 3.47. The van der Waals surface area contributed by atoms with Gasteiger partial charge in [-0.15, -0.1) is 21.5 Å².